The van der Waals surface area contributed by atoms with Gasteiger partial charge in [-0.3, -0.25) is 9.59 Å². The van der Waals surface area contributed by atoms with Crippen molar-refractivity contribution in [1.82, 2.24) is 10.3 Å². The summed E-state index contributed by atoms with van der Waals surface area (Å²) in [7, 11) is 0. The Kier molecular flexibility index (Phi) is 5.88. The third kappa shape index (κ3) is 4.18. The fourth-order valence-corrected chi connectivity index (χ4v) is 2.94. The van der Waals surface area contributed by atoms with Crippen LogP contribution in [0.3, 0.4) is 0 Å². The molecule has 1 amide bonds. The predicted molar refractivity (Wildman–Crippen MR) is 103 cm³/mol. The fraction of sp³-hybridized carbons (Fsp3) is 0.200. The van der Waals surface area contributed by atoms with Crippen molar-refractivity contribution in [3.8, 4) is 0 Å². The highest BCUT2D eigenvalue weighted by molar-refractivity contribution is 6.30. The first-order chi connectivity index (χ1) is 13.0. The number of rotatable bonds is 6. The van der Waals surface area contributed by atoms with Crippen LogP contribution in [0.4, 0.5) is 4.39 Å². The van der Waals surface area contributed by atoms with E-state index in [1.54, 1.807) is 24.3 Å². The van der Waals surface area contributed by atoms with Crippen molar-refractivity contribution in [3.05, 3.63) is 80.3 Å². The molecule has 0 saturated carbocycles. The van der Waals surface area contributed by atoms with E-state index in [-0.39, 0.29) is 29.6 Å². The Balaban J connectivity index is 1.84. The van der Waals surface area contributed by atoms with Gasteiger partial charge in [-0.15, -0.1) is 0 Å². The lowest BCUT2D eigenvalue weighted by Crippen LogP contribution is -2.28. The van der Waals surface area contributed by atoms with Crippen LogP contribution in [0.25, 0.3) is 10.9 Å². The molecule has 2 aromatic carbocycles. The smallest absolute Gasteiger partial charge is 0.257 e. The molecule has 3 aromatic rings. The molecule has 5 nitrogen and oxygen atoms in total. The summed E-state index contributed by atoms with van der Waals surface area (Å²) in [4.78, 5) is 27.7. The number of aromatic nitrogens is 1. The Morgan fingerprint density at radius 3 is 2.63 bits per heavy atom. The van der Waals surface area contributed by atoms with Crippen molar-refractivity contribution >= 4 is 28.4 Å². The second-order valence-corrected chi connectivity index (χ2v) is 6.57. The molecule has 3 rings (SSSR count). The number of carbonyl (C=O) groups is 1. The molecule has 7 heteroatoms. The van der Waals surface area contributed by atoms with Gasteiger partial charge in [0.2, 0.25) is 5.43 Å². The largest absolute Gasteiger partial charge is 0.396 e. The molecule has 0 saturated heterocycles. The zero-order valence-electron chi connectivity index (χ0n) is 14.4. The molecule has 0 aliphatic carbocycles. The number of hydrogen-bond acceptors (Lipinski definition) is 3. The number of benzene rings is 2. The molecule has 0 bridgehead atoms. The Bertz CT molecular complexity index is 1030. The predicted octanol–water partition coefficient (Wildman–Crippen LogP) is 3.18. The van der Waals surface area contributed by atoms with Crippen LogP contribution in [-0.4, -0.2) is 22.6 Å². The normalized spacial score (nSPS) is 10.9. The highest BCUT2D eigenvalue weighted by Crippen LogP contribution is 2.18. The Morgan fingerprint density at radius 1 is 1.19 bits per heavy atom. The molecule has 0 fully saturated rings. The van der Waals surface area contributed by atoms with Gasteiger partial charge in [0, 0.05) is 29.8 Å². The van der Waals surface area contributed by atoms with E-state index in [2.05, 4.69) is 10.3 Å². The van der Waals surface area contributed by atoms with E-state index in [4.69, 9.17) is 16.7 Å². The van der Waals surface area contributed by atoms with Crippen molar-refractivity contribution in [3.63, 3.8) is 0 Å². The minimum atomic E-state index is -0.544. The maximum absolute atomic E-state index is 14.5. The topological polar surface area (TPSA) is 82.2 Å². The molecular formula is C20H18ClFN2O3. The van der Waals surface area contributed by atoms with Gasteiger partial charge in [0.05, 0.1) is 5.52 Å². The number of pyridine rings is 1. The molecule has 27 heavy (non-hydrogen) atoms. The minimum absolute atomic E-state index is 0.0409. The number of hydrogen-bond donors (Lipinski definition) is 3. The number of aliphatic hydroxyl groups excluding tert-OH is 1. The summed E-state index contributed by atoms with van der Waals surface area (Å²) in [6.07, 6.45) is 2.02. The van der Waals surface area contributed by atoms with Crippen LogP contribution in [-0.2, 0) is 13.0 Å². The molecule has 0 atom stereocenters. The second kappa shape index (κ2) is 8.33. The van der Waals surface area contributed by atoms with Gasteiger partial charge in [-0.25, -0.2) is 4.39 Å². The number of nitrogens with one attached hydrogen (secondary N) is 2. The zero-order chi connectivity index (χ0) is 19.4. The first-order valence-electron chi connectivity index (χ1n) is 8.47. The summed E-state index contributed by atoms with van der Waals surface area (Å²) in [6, 6.07) is 9.98. The lowest BCUT2D eigenvalue weighted by Gasteiger charge is -2.09. The molecule has 0 aliphatic rings. The highest BCUT2D eigenvalue weighted by atomic mass is 35.5. The summed E-state index contributed by atoms with van der Waals surface area (Å²) in [5.74, 6) is -1.08. The van der Waals surface area contributed by atoms with Gasteiger partial charge < -0.3 is 15.4 Å². The van der Waals surface area contributed by atoms with Crippen molar-refractivity contribution in [1.29, 1.82) is 0 Å². The van der Waals surface area contributed by atoms with Crippen LogP contribution < -0.4 is 10.7 Å². The van der Waals surface area contributed by atoms with Crippen LogP contribution in [0.1, 0.15) is 27.9 Å². The first kappa shape index (κ1) is 19.1. The average molecular weight is 389 g/mol. The van der Waals surface area contributed by atoms with E-state index in [0.717, 1.165) is 5.56 Å². The van der Waals surface area contributed by atoms with Gasteiger partial charge in [0.25, 0.3) is 5.91 Å². The van der Waals surface area contributed by atoms with E-state index in [9.17, 15) is 14.0 Å². The van der Waals surface area contributed by atoms with E-state index in [1.165, 1.54) is 18.3 Å². The standard InChI is InChI=1S/C20H18ClFN2O3/c21-14-6-3-12(4-7-14)10-24-20(27)16-11-23-18-15(19(16)26)8-5-13(17(18)22)2-1-9-25/h3-8,11,25H,1-2,9-10H2,(H,23,26)(H,24,27). The van der Waals surface area contributed by atoms with E-state index in [1.807, 2.05) is 0 Å². The van der Waals surface area contributed by atoms with E-state index < -0.39 is 17.2 Å². The Labute approximate surface area is 159 Å². The summed E-state index contributed by atoms with van der Waals surface area (Å²) in [5, 5.41) is 12.3. The van der Waals surface area contributed by atoms with Gasteiger partial charge in [-0.05, 0) is 42.2 Å². The minimum Gasteiger partial charge on any atom is -0.396 e. The molecule has 1 aromatic heterocycles. The maximum atomic E-state index is 14.5. The number of aliphatic hydroxyl groups is 1. The lowest BCUT2D eigenvalue weighted by molar-refractivity contribution is 0.0949. The summed E-state index contributed by atoms with van der Waals surface area (Å²) in [6.45, 7) is 0.197. The number of amides is 1. The van der Waals surface area contributed by atoms with Gasteiger partial charge in [-0.1, -0.05) is 29.8 Å². The van der Waals surface area contributed by atoms with E-state index >= 15 is 0 Å². The Hall–Kier alpha value is -2.70. The van der Waals surface area contributed by atoms with Crippen LogP contribution in [0, 0.1) is 5.82 Å². The molecule has 0 radical (unpaired) electrons. The summed E-state index contributed by atoms with van der Waals surface area (Å²) < 4.78 is 14.5. The number of halogens is 2. The molecule has 0 spiro atoms. The van der Waals surface area contributed by atoms with Gasteiger partial charge in [0.1, 0.15) is 5.56 Å². The first-order valence-corrected chi connectivity index (χ1v) is 8.85. The number of carbonyl (C=O) groups excluding carboxylic acids is 1. The second-order valence-electron chi connectivity index (χ2n) is 6.13. The number of fused-ring (bicyclic) bond motifs is 1. The zero-order valence-corrected chi connectivity index (χ0v) is 15.1. The van der Waals surface area contributed by atoms with Gasteiger partial charge in [0.15, 0.2) is 5.82 Å². The summed E-state index contributed by atoms with van der Waals surface area (Å²) >= 11 is 5.82. The van der Waals surface area contributed by atoms with Crippen LogP contribution in [0.5, 0.6) is 0 Å². The average Bonchev–Trinajstić information content (AvgIpc) is 2.67. The molecular weight excluding hydrogens is 371 g/mol. The van der Waals surface area contributed by atoms with Crippen molar-refractivity contribution in [2.75, 3.05) is 6.61 Å². The number of aryl methyl sites for hydroxylation is 1. The van der Waals surface area contributed by atoms with Crippen LogP contribution in [0.2, 0.25) is 5.02 Å². The SMILES string of the molecule is O=C(NCc1ccc(Cl)cc1)c1c[nH]c2c(F)c(CCCO)ccc2c1=O. The molecule has 1 heterocycles. The molecule has 0 unspecified atom stereocenters. The van der Waals surface area contributed by atoms with Crippen molar-refractivity contribution in [2.45, 2.75) is 19.4 Å². The van der Waals surface area contributed by atoms with Gasteiger partial charge in [-0.2, -0.15) is 0 Å². The number of H-pyrrole nitrogens is 1. The van der Waals surface area contributed by atoms with Gasteiger partial charge >= 0.3 is 0 Å². The third-order valence-corrected chi connectivity index (χ3v) is 4.54. The maximum Gasteiger partial charge on any atom is 0.257 e. The number of aromatic amines is 1. The van der Waals surface area contributed by atoms with Crippen molar-refractivity contribution in [2.24, 2.45) is 0 Å². The quantitative estimate of drug-likeness (QED) is 0.606. The molecule has 140 valence electrons. The monoisotopic (exact) mass is 388 g/mol. The van der Waals surface area contributed by atoms with Crippen LogP contribution in [0.15, 0.2) is 47.4 Å². The van der Waals surface area contributed by atoms with Crippen molar-refractivity contribution < 1.29 is 14.3 Å². The Morgan fingerprint density at radius 2 is 1.93 bits per heavy atom. The van der Waals surface area contributed by atoms with Crippen LogP contribution >= 0.6 is 11.6 Å². The summed E-state index contributed by atoms with van der Waals surface area (Å²) in [5.41, 5.74) is 0.685. The lowest BCUT2D eigenvalue weighted by atomic mass is 10.0. The van der Waals surface area contributed by atoms with E-state index in [0.29, 0.717) is 23.4 Å². The highest BCUT2D eigenvalue weighted by Gasteiger charge is 2.16. The molecule has 0 aliphatic heterocycles. The fourth-order valence-electron chi connectivity index (χ4n) is 2.82. The molecule has 3 N–H and O–H groups in total. The third-order valence-electron chi connectivity index (χ3n) is 4.29.